The Morgan fingerprint density at radius 3 is 2.50 bits per heavy atom. The Balaban J connectivity index is 2.13. The number of piperidine rings is 1. The second kappa shape index (κ2) is 7.26. The lowest BCUT2D eigenvalue weighted by Gasteiger charge is -2.49. The van der Waals surface area contributed by atoms with Crippen LogP contribution in [0.2, 0.25) is 0 Å². The molecular weight excluding hydrogens is 320 g/mol. The molecule has 134 valence electrons. The normalized spacial score (nSPS) is 24.7. The monoisotopic (exact) mass is 350 g/mol. The van der Waals surface area contributed by atoms with E-state index in [2.05, 4.69) is 63.5 Å². The molecule has 0 bridgehead atoms. The van der Waals surface area contributed by atoms with Gasteiger partial charge < -0.3 is 15.3 Å². The van der Waals surface area contributed by atoms with Gasteiger partial charge in [-0.05, 0) is 49.1 Å². The lowest BCUT2D eigenvalue weighted by molar-refractivity contribution is 0.0403. The summed E-state index contributed by atoms with van der Waals surface area (Å²) in [7, 11) is 0. The zero-order valence-electron chi connectivity index (χ0n) is 15.4. The molecule has 2 N–H and O–H groups in total. The molecule has 1 amide bonds. The summed E-state index contributed by atoms with van der Waals surface area (Å²) in [5.74, 6) is 1.03. The van der Waals surface area contributed by atoms with Crippen LogP contribution in [0.1, 0.15) is 46.1 Å². The number of carbonyl (C=O) groups is 1. The first-order valence-corrected chi connectivity index (χ1v) is 9.90. The van der Waals surface area contributed by atoms with E-state index in [1.165, 1.54) is 5.56 Å². The Bertz CT molecular complexity index is 568. The van der Waals surface area contributed by atoms with Crippen LogP contribution in [-0.2, 0) is 5.75 Å². The SMILES string of the molecule is CSCc1ccc(NC2(C)CCN(C(=O)O)C(C(C)(C)C)C2)cc1. The second-order valence-corrected chi connectivity index (χ2v) is 8.99. The van der Waals surface area contributed by atoms with Gasteiger partial charge in [0.1, 0.15) is 0 Å². The average Bonchev–Trinajstić information content (AvgIpc) is 2.48. The van der Waals surface area contributed by atoms with Gasteiger partial charge in [-0.25, -0.2) is 4.79 Å². The van der Waals surface area contributed by atoms with E-state index in [0.717, 1.165) is 24.3 Å². The van der Waals surface area contributed by atoms with Gasteiger partial charge in [0, 0.05) is 29.6 Å². The predicted molar refractivity (Wildman–Crippen MR) is 103 cm³/mol. The molecule has 5 heteroatoms. The first-order valence-electron chi connectivity index (χ1n) is 8.50. The minimum atomic E-state index is -0.807. The fourth-order valence-electron chi connectivity index (χ4n) is 3.48. The highest BCUT2D eigenvalue weighted by atomic mass is 32.2. The summed E-state index contributed by atoms with van der Waals surface area (Å²) in [5, 5.41) is 13.2. The summed E-state index contributed by atoms with van der Waals surface area (Å²) in [5.41, 5.74) is 2.26. The number of amides is 1. The van der Waals surface area contributed by atoms with E-state index in [0.29, 0.717) is 6.54 Å². The average molecular weight is 351 g/mol. The highest BCUT2D eigenvalue weighted by molar-refractivity contribution is 7.97. The molecule has 1 aliphatic rings. The van der Waals surface area contributed by atoms with Gasteiger partial charge in [-0.15, -0.1) is 0 Å². The summed E-state index contributed by atoms with van der Waals surface area (Å²) < 4.78 is 0. The largest absolute Gasteiger partial charge is 0.465 e. The van der Waals surface area contributed by atoms with Gasteiger partial charge in [0.2, 0.25) is 0 Å². The summed E-state index contributed by atoms with van der Waals surface area (Å²) >= 11 is 1.82. The number of benzene rings is 1. The van der Waals surface area contributed by atoms with Crippen molar-refractivity contribution < 1.29 is 9.90 Å². The lowest BCUT2D eigenvalue weighted by atomic mass is 9.74. The van der Waals surface area contributed by atoms with Gasteiger partial charge in [0.15, 0.2) is 0 Å². The van der Waals surface area contributed by atoms with E-state index in [1.807, 2.05) is 11.8 Å². The quantitative estimate of drug-likeness (QED) is 0.810. The zero-order valence-corrected chi connectivity index (χ0v) is 16.2. The number of hydrogen-bond donors (Lipinski definition) is 2. The highest BCUT2D eigenvalue weighted by Crippen LogP contribution is 2.38. The van der Waals surface area contributed by atoms with Crippen molar-refractivity contribution in [3.8, 4) is 0 Å². The van der Waals surface area contributed by atoms with Gasteiger partial charge in [0.25, 0.3) is 0 Å². The molecule has 1 aliphatic heterocycles. The van der Waals surface area contributed by atoms with Crippen molar-refractivity contribution in [2.24, 2.45) is 5.41 Å². The molecule has 1 heterocycles. The maximum atomic E-state index is 11.6. The molecule has 24 heavy (non-hydrogen) atoms. The molecule has 2 unspecified atom stereocenters. The van der Waals surface area contributed by atoms with Crippen molar-refractivity contribution >= 4 is 23.5 Å². The van der Waals surface area contributed by atoms with E-state index in [4.69, 9.17) is 0 Å². The van der Waals surface area contributed by atoms with Crippen LogP contribution in [0, 0.1) is 5.41 Å². The van der Waals surface area contributed by atoms with Crippen LogP contribution in [0.15, 0.2) is 24.3 Å². The molecule has 0 aromatic heterocycles. The van der Waals surface area contributed by atoms with E-state index in [-0.39, 0.29) is 17.0 Å². The third kappa shape index (κ3) is 4.59. The van der Waals surface area contributed by atoms with Crippen LogP contribution in [0.5, 0.6) is 0 Å². The topological polar surface area (TPSA) is 52.6 Å². The minimum absolute atomic E-state index is 0.0111. The number of nitrogens with zero attached hydrogens (tertiary/aromatic N) is 1. The number of carboxylic acid groups (broad SMARTS) is 1. The molecule has 1 fully saturated rings. The third-order valence-corrected chi connectivity index (χ3v) is 5.50. The molecule has 1 aromatic rings. The standard InChI is InChI=1S/C19H30N2O2S/c1-18(2,3)16-12-19(4,10-11-21(16)17(22)23)20-15-8-6-14(7-9-15)13-24-5/h6-9,16,20H,10-13H2,1-5H3,(H,22,23). The van der Waals surface area contributed by atoms with Gasteiger partial charge in [-0.1, -0.05) is 32.9 Å². The van der Waals surface area contributed by atoms with Crippen LogP contribution in [-0.4, -0.2) is 40.5 Å². The number of rotatable bonds is 4. The first kappa shape index (κ1) is 19.0. The smallest absolute Gasteiger partial charge is 0.407 e. The van der Waals surface area contributed by atoms with Crippen molar-refractivity contribution in [2.75, 3.05) is 18.1 Å². The molecular formula is C19H30N2O2S. The Morgan fingerprint density at radius 2 is 2.00 bits per heavy atom. The molecule has 4 nitrogen and oxygen atoms in total. The van der Waals surface area contributed by atoms with Crippen molar-refractivity contribution in [1.82, 2.24) is 4.90 Å². The Hall–Kier alpha value is -1.36. The number of thioether (sulfide) groups is 1. The number of nitrogens with one attached hydrogen (secondary N) is 1. The van der Waals surface area contributed by atoms with Gasteiger partial charge in [-0.2, -0.15) is 11.8 Å². The van der Waals surface area contributed by atoms with E-state index >= 15 is 0 Å². The fourth-order valence-corrected chi connectivity index (χ4v) is 4.00. The molecule has 0 saturated carbocycles. The number of likely N-dealkylation sites (tertiary alicyclic amines) is 1. The Labute approximate surface area is 150 Å². The second-order valence-electron chi connectivity index (χ2n) is 8.13. The maximum absolute atomic E-state index is 11.6. The first-order chi connectivity index (χ1) is 11.1. The van der Waals surface area contributed by atoms with Gasteiger partial charge in [0.05, 0.1) is 0 Å². The van der Waals surface area contributed by atoms with E-state index in [9.17, 15) is 9.90 Å². The maximum Gasteiger partial charge on any atom is 0.407 e. The van der Waals surface area contributed by atoms with Crippen molar-refractivity contribution in [2.45, 2.75) is 57.9 Å². The third-order valence-electron chi connectivity index (χ3n) is 4.88. The van der Waals surface area contributed by atoms with Crippen LogP contribution >= 0.6 is 11.8 Å². The molecule has 1 saturated heterocycles. The van der Waals surface area contributed by atoms with Crippen molar-refractivity contribution in [3.63, 3.8) is 0 Å². The fraction of sp³-hybridized carbons (Fsp3) is 0.632. The number of anilines is 1. The molecule has 0 spiro atoms. The molecule has 0 aliphatic carbocycles. The van der Waals surface area contributed by atoms with Crippen LogP contribution in [0.4, 0.5) is 10.5 Å². The summed E-state index contributed by atoms with van der Waals surface area (Å²) in [6.07, 6.45) is 2.93. The van der Waals surface area contributed by atoms with E-state index < -0.39 is 6.09 Å². The van der Waals surface area contributed by atoms with Crippen LogP contribution in [0.25, 0.3) is 0 Å². The van der Waals surface area contributed by atoms with Crippen LogP contribution < -0.4 is 5.32 Å². The van der Waals surface area contributed by atoms with Crippen LogP contribution in [0.3, 0.4) is 0 Å². The van der Waals surface area contributed by atoms with Crippen molar-refractivity contribution in [1.29, 1.82) is 0 Å². The summed E-state index contributed by atoms with van der Waals surface area (Å²) in [6.45, 7) is 9.15. The number of hydrogen-bond acceptors (Lipinski definition) is 3. The Kier molecular flexibility index (Phi) is 5.74. The highest BCUT2D eigenvalue weighted by Gasteiger charge is 2.43. The minimum Gasteiger partial charge on any atom is -0.465 e. The summed E-state index contributed by atoms with van der Waals surface area (Å²) in [4.78, 5) is 13.2. The zero-order chi connectivity index (χ0) is 18.0. The summed E-state index contributed by atoms with van der Waals surface area (Å²) in [6, 6.07) is 8.60. The molecule has 2 rings (SSSR count). The Morgan fingerprint density at radius 1 is 1.38 bits per heavy atom. The molecule has 0 radical (unpaired) electrons. The lowest BCUT2D eigenvalue weighted by Crippen LogP contribution is -2.58. The molecule has 1 aromatic carbocycles. The van der Waals surface area contributed by atoms with Gasteiger partial charge >= 0.3 is 6.09 Å². The van der Waals surface area contributed by atoms with Crippen molar-refractivity contribution in [3.05, 3.63) is 29.8 Å². The van der Waals surface area contributed by atoms with E-state index in [1.54, 1.807) is 4.90 Å². The molecule has 2 atom stereocenters. The predicted octanol–water partition coefficient (Wildman–Crippen LogP) is 4.91. The van der Waals surface area contributed by atoms with Gasteiger partial charge in [-0.3, -0.25) is 0 Å².